The number of anilines is 1. The maximum atomic E-state index is 11.5. The Labute approximate surface area is 151 Å². The predicted molar refractivity (Wildman–Crippen MR) is 98.6 cm³/mol. The zero-order chi connectivity index (χ0) is 17.8. The fourth-order valence-corrected chi connectivity index (χ4v) is 4.10. The molecule has 3 aromatic heterocycles. The van der Waals surface area contributed by atoms with Crippen molar-refractivity contribution in [1.82, 2.24) is 14.5 Å². The van der Waals surface area contributed by atoms with Gasteiger partial charge in [-0.2, -0.15) is 0 Å². The van der Waals surface area contributed by atoms with Gasteiger partial charge in [-0.1, -0.05) is 6.07 Å². The van der Waals surface area contributed by atoms with Crippen LogP contribution in [-0.2, 0) is 6.54 Å². The van der Waals surface area contributed by atoms with Crippen LogP contribution in [-0.4, -0.2) is 38.7 Å². The van der Waals surface area contributed by atoms with Gasteiger partial charge in [0, 0.05) is 36.6 Å². The van der Waals surface area contributed by atoms with E-state index in [0.29, 0.717) is 17.6 Å². The fraction of sp³-hybridized carbons (Fsp3) is 0.350. The average Bonchev–Trinajstić information content (AvgIpc) is 3.08. The standard InChI is InChI=1S/C20H20N4O2/c1-12-13(4-5-18(22-12)23-9-14-7-15(14)10-23)8-24-11-17(20(25)26)16-3-2-6-21-19(16)24/h2-6,11,14-15H,7-10H2,1H3,(H,25,26). The van der Waals surface area contributed by atoms with Gasteiger partial charge < -0.3 is 14.6 Å². The van der Waals surface area contributed by atoms with Gasteiger partial charge in [-0.25, -0.2) is 14.8 Å². The van der Waals surface area contributed by atoms with Gasteiger partial charge in [-0.15, -0.1) is 0 Å². The van der Waals surface area contributed by atoms with Crippen molar-refractivity contribution in [1.29, 1.82) is 0 Å². The van der Waals surface area contributed by atoms with Crippen molar-refractivity contribution < 1.29 is 9.90 Å². The van der Waals surface area contributed by atoms with Gasteiger partial charge in [0.05, 0.1) is 12.1 Å². The van der Waals surface area contributed by atoms with E-state index in [1.165, 1.54) is 6.42 Å². The molecule has 6 heteroatoms. The summed E-state index contributed by atoms with van der Waals surface area (Å²) >= 11 is 0. The van der Waals surface area contributed by atoms with E-state index in [1.807, 2.05) is 11.5 Å². The van der Waals surface area contributed by atoms with Crippen molar-refractivity contribution in [3.63, 3.8) is 0 Å². The monoisotopic (exact) mass is 348 g/mol. The Kier molecular flexibility index (Phi) is 3.29. The van der Waals surface area contributed by atoms with E-state index in [-0.39, 0.29) is 5.56 Å². The molecule has 2 atom stereocenters. The molecule has 5 rings (SSSR count). The van der Waals surface area contributed by atoms with Crippen LogP contribution in [0.3, 0.4) is 0 Å². The fourth-order valence-electron chi connectivity index (χ4n) is 4.10. The molecule has 4 heterocycles. The number of carboxylic acids is 1. The molecule has 2 aliphatic rings. The van der Waals surface area contributed by atoms with E-state index in [0.717, 1.165) is 42.0 Å². The largest absolute Gasteiger partial charge is 0.478 e. The van der Waals surface area contributed by atoms with Crippen molar-refractivity contribution in [2.24, 2.45) is 11.8 Å². The van der Waals surface area contributed by atoms with Crippen LogP contribution in [0.25, 0.3) is 11.0 Å². The summed E-state index contributed by atoms with van der Waals surface area (Å²) in [5.74, 6) is 1.88. The summed E-state index contributed by atoms with van der Waals surface area (Å²) in [6.45, 7) is 4.84. The minimum absolute atomic E-state index is 0.284. The quantitative estimate of drug-likeness (QED) is 0.785. The zero-order valence-electron chi connectivity index (χ0n) is 14.6. The van der Waals surface area contributed by atoms with Crippen molar-refractivity contribution >= 4 is 22.8 Å². The lowest BCUT2D eigenvalue weighted by molar-refractivity contribution is 0.0699. The second kappa shape index (κ2) is 5.56. The zero-order valence-corrected chi connectivity index (χ0v) is 14.6. The lowest BCUT2D eigenvalue weighted by Gasteiger charge is -2.20. The van der Waals surface area contributed by atoms with E-state index >= 15 is 0 Å². The third-order valence-corrected chi connectivity index (χ3v) is 5.69. The Balaban J connectivity index is 1.46. The number of hydrogen-bond donors (Lipinski definition) is 1. The molecule has 1 saturated heterocycles. The molecule has 0 radical (unpaired) electrons. The number of rotatable bonds is 4. The van der Waals surface area contributed by atoms with E-state index < -0.39 is 5.97 Å². The molecule has 1 aliphatic carbocycles. The Morgan fingerprint density at radius 2 is 2.08 bits per heavy atom. The minimum atomic E-state index is -0.931. The number of nitrogens with zero attached hydrogens (tertiary/aromatic N) is 4. The first kappa shape index (κ1) is 15.4. The SMILES string of the molecule is Cc1nc(N2CC3CC3C2)ccc1Cn1cc(C(=O)O)c2cccnc21. The molecule has 132 valence electrons. The highest BCUT2D eigenvalue weighted by molar-refractivity contribution is 6.02. The second-order valence-electron chi connectivity index (χ2n) is 7.43. The smallest absolute Gasteiger partial charge is 0.337 e. The second-order valence-corrected chi connectivity index (χ2v) is 7.43. The maximum absolute atomic E-state index is 11.5. The molecule has 2 fully saturated rings. The van der Waals surface area contributed by atoms with E-state index in [2.05, 4.69) is 22.0 Å². The van der Waals surface area contributed by atoms with Crippen molar-refractivity contribution in [3.8, 4) is 0 Å². The van der Waals surface area contributed by atoms with Crippen LogP contribution in [0.2, 0.25) is 0 Å². The number of carboxylic acid groups (broad SMARTS) is 1. The Morgan fingerprint density at radius 3 is 2.81 bits per heavy atom. The highest BCUT2D eigenvalue weighted by Gasteiger charge is 2.45. The molecule has 3 aromatic rings. The molecule has 6 nitrogen and oxygen atoms in total. The molecular weight excluding hydrogens is 328 g/mol. The van der Waals surface area contributed by atoms with Gasteiger partial charge in [-0.05, 0) is 48.9 Å². The number of fused-ring (bicyclic) bond motifs is 2. The van der Waals surface area contributed by atoms with Gasteiger partial charge in [-0.3, -0.25) is 0 Å². The number of piperidine rings is 1. The molecule has 1 saturated carbocycles. The van der Waals surface area contributed by atoms with Gasteiger partial charge in [0.15, 0.2) is 0 Å². The van der Waals surface area contributed by atoms with Gasteiger partial charge in [0.1, 0.15) is 11.5 Å². The summed E-state index contributed by atoms with van der Waals surface area (Å²) in [7, 11) is 0. The molecule has 0 spiro atoms. The van der Waals surface area contributed by atoms with E-state index in [1.54, 1.807) is 24.5 Å². The molecule has 0 amide bonds. The van der Waals surface area contributed by atoms with E-state index in [9.17, 15) is 9.90 Å². The van der Waals surface area contributed by atoms with Gasteiger partial charge in [0.25, 0.3) is 0 Å². The highest BCUT2D eigenvalue weighted by atomic mass is 16.4. The van der Waals surface area contributed by atoms with Crippen LogP contribution < -0.4 is 4.90 Å². The van der Waals surface area contributed by atoms with Crippen LogP contribution in [0.1, 0.15) is 28.0 Å². The molecule has 0 aromatic carbocycles. The third-order valence-electron chi connectivity index (χ3n) is 5.69. The summed E-state index contributed by atoms with van der Waals surface area (Å²) in [4.78, 5) is 23.1. The molecule has 0 bridgehead atoms. The lowest BCUT2D eigenvalue weighted by Crippen LogP contribution is -2.23. The van der Waals surface area contributed by atoms with Crippen molar-refractivity contribution in [3.05, 3.63) is 53.5 Å². The molecule has 2 unspecified atom stereocenters. The number of aromatic nitrogens is 3. The first-order valence-electron chi connectivity index (χ1n) is 8.99. The Hall–Kier alpha value is -2.89. The summed E-state index contributed by atoms with van der Waals surface area (Å²) in [6.07, 6.45) is 4.74. The predicted octanol–water partition coefficient (Wildman–Crippen LogP) is 2.94. The Bertz CT molecular complexity index is 1020. The minimum Gasteiger partial charge on any atom is -0.478 e. The first-order chi connectivity index (χ1) is 12.6. The molecule has 1 aliphatic heterocycles. The Morgan fingerprint density at radius 1 is 1.27 bits per heavy atom. The summed E-state index contributed by atoms with van der Waals surface area (Å²) < 4.78 is 1.90. The third kappa shape index (κ3) is 2.44. The number of carbonyl (C=O) groups is 1. The first-order valence-corrected chi connectivity index (χ1v) is 8.99. The van der Waals surface area contributed by atoms with Gasteiger partial charge >= 0.3 is 5.97 Å². The van der Waals surface area contributed by atoms with Crippen LogP contribution in [0.4, 0.5) is 5.82 Å². The molecule has 26 heavy (non-hydrogen) atoms. The van der Waals surface area contributed by atoms with E-state index in [4.69, 9.17) is 4.98 Å². The maximum Gasteiger partial charge on any atom is 0.337 e. The molecule has 1 N–H and O–H groups in total. The highest BCUT2D eigenvalue weighted by Crippen LogP contribution is 2.45. The van der Waals surface area contributed by atoms with Gasteiger partial charge in [0.2, 0.25) is 0 Å². The van der Waals surface area contributed by atoms with Crippen molar-refractivity contribution in [2.45, 2.75) is 19.9 Å². The molecular formula is C20H20N4O2. The van der Waals surface area contributed by atoms with Crippen LogP contribution >= 0.6 is 0 Å². The number of pyridine rings is 2. The van der Waals surface area contributed by atoms with Crippen LogP contribution in [0.15, 0.2) is 36.7 Å². The number of hydrogen-bond acceptors (Lipinski definition) is 4. The topological polar surface area (TPSA) is 71.2 Å². The normalized spacial score (nSPS) is 21.2. The summed E-state index contributed by atoms with van der Waals surface area (Å²) in [5, 5.41) is 10.1. The van der Waals surface area contributed by atoms with Crippen LogP contribution in [0.5, 0.6) is 0 Å². The number of aryl methyl sites for hydroxylation is 1. The average molecular weight is 348 g/mol. The van der Waals surface area contributed by atoms with Crippen LogP contribution in [0, 0.1) is 18.8 Å². The lowest BCUT2D eigenvalue weighted by atomic mass is 10.2. The summed E-state index contributed by atoms with van der Waals surface area (Å²) in [5.41, 5.74) is 3.04. The number of aromatic carboxylic acids is 1. The van der Waals surface area contributed by atoms with Crippen molar-refractivity contribution in [2.75, 3.05) is 18.0 Å². The summed E-state index contributed by atoms with van der Waals surface area (Å²) in [6, 6.07) is 7.76.